The van der Waals surface area contributed by atoms with E-state index < -0.39 is 12.0 Å². The highest BCUT2D eigenvalue weighted by molar-refractivity contribution is 7.99. The Morgan fingerprint density at radius 1 is 1.18 bits per heavy atom. The Morgan fingerprint density at radius 2 is 2.00 bits per heavy atom. The van der Waals surface area contributed by atoms with Crippen LogP contribution in [0.3, 0.4) is 0 Å². The van der Waals surface area contributed by atoms with Crippen LogP contribution in [0, 0.1) is 0 Å². The van der Waals surface area contributed by atoms with Crippen LogP contribution in [0.2, 0.25) is 0 Å². The maximum absolute atomic E-state index is 13.1. The van der Waals surface area contributed by atoms with Gasteiger partial charge in [0.1, 0.15) is 5.69 Å². The Labute approximate surface area is 196 Å². The number of aromatic nitrogens is 2. The molecule has 4 rings (SSSR count). The number of benzene rings is 1. The Balaban J connectivity index is 1.71. The predicted octanol–water partition coefficient (Wildman–Crippen LogP) is 4.43. The van der Waals surface area contributed by atoms with Gasteiger partial charge in [0.2, 0.25) is 0 Å². The van der Waals surface area contributed by atoms with E-state index in [9.17, 15) is 9.59 Å². The molecule has 1 aromatic carbocycles. The number of thioether (sulfide) groups is 1. The number of urea groups is 1. The van der Waals surface area contributed by atoms with Crippen molar-refractivity contribution in [1.82, 2.24) is 20.2 Å². The fourth-order valence-corrected chi connectivity index (χ4v) is 4.52. The lowest BCUT2D eigenvalue weighted by molar-refractivity contribution is -0.139. The molecular formula is C24H24N4O4S. The quantitative estimate of drug-likeness (QED) is 0.299. The minimum atomic E-state index is -0.605. The molecule has 1 aliphatic heterocycles. The van der Waals surface area contributed by atoms with Crippen LogP contribution in [-0.4, -0.2) is 45.8 Å². The van der Waals surface area contributed by atoms with Crippen molar-refractivity contribution in [2.24, 2.45) is 0 Å². The number of nitrogens with one attached hydrogen (secondary N) is 1. The molecule has 0 spiro atoms. The fourth-order valence-electron chi connectivity index (χ4n) is 3.64. The third-order valence-electron chi connectivity index (χ3n) is 5.13. The van der Waals surface area contributed by atoms with E-state index in [2.05, 4.69) is 15.3 Å². The van der Waals surface area contributed by atoms with Crippen LogP contribution in [0.4, 0.5) is 4.79 Å². The summed E-state index contributed by atoms with van der Waals surface area (Å²) in [6, 6.07) is 13.9. The molecule has 0 saturated heterocycles. The summed E-state index contributed by atoms with van der Waals surface area (Å²) in [5.41, 5.74) is 2.47. The number of amides is 2. The normalized spacial score (nSPS) is 16.0. The van der Waals surface area contributed by atoms with Gasteiger partial charge in [-0.15, -0.1) is 0 Å². The third kappa shape index (κ3) is 4.93. The van der Waals surface area contributed by atoms with E-state index in [0.717, 1.165) is 5.56 Å². The Kier molecular flexibility index (Phi) is 7.09. The van der Waals surface area contributed by atoms with Crippen molar-refractivity contribution in [3.8, 4) is 11.5 Å². The average molecular weight is 465 g/mol. The molecule has 1 atom stereocenters. The van der Waals surface area contributed by atoms with Gasteiger partial charge < -0.3 is 14.5 Å². The zero-order chi connectivity index (χ0) is 23.2. The minimum Gasteiger partial charge on any atom is -0.463 e. The molecule has 3 aromatic rings. The fraction of sp³-hybridized carbons (Fsp3) is 0.250. The van der Waals surface area contributed by atoms with Crippen molar-refractivity contribution in [2.45, 2.75) is 25.0 Å². The van der Waals surface area contributed by atoms with Crippen molar-refractivity contribution in [1.29, 1.82) is 0 Å². The number of rotatable bonds is 8. The number of nitrogens with zero attached hydrogens (tertiary/aromatic N) is 3. The highest BCUT2D eigenvalue weighted by Crippen LogP contribution is 2.34. The maximum Gasteiger partial charge on any atom is 0.338 e. The summed E-state index contributed by atoms with van der Waals surface area (Å²) >= 11 is 1.34. The van der Waals surface area contributed by atoms with Gasteiger partial charge in [0.05, 0.1) is 24.5 Å². The van der Waals surface area contributed by atoms with Crippen LogP contribution in [0.15, 0.2) is 81.8 Å². The van der Waals surface area contributed by atoms with Gasteiger partial charge in [-0.2, -0.15) is 0 Å². The summed E-state index contributed by atoms with van der Waals surface area (Å²) < 4.78 is 10.8. The highest BCUT2D eigenvalue weighted by Gasteiger charge is 2.37. The Hall–Kier alpha value is -3.59. The van der Waals surface area contributed by atoms with Crippen LogP contribution >= 0.6 is 11.8 Å². The van der Waals surface area contributed by atoms with E-state index >= 15 is 0 Å². The third-order valence-corrected chi connectivity index (χ3v) is 6.00. The first-order valence-electron chi connectivity index (χ1n) is 10.6. The summed E-state index contributed by atoms with van der Waals surface area (Å²) in [5.74, 6) is 0.507. The second-order valence-corrected chi connectivity index (χ2v) is 8.05. The van der Waals surface area contributed by atoms with Crippen molar-refractivity contribution in [2.75, 3.05) is 18.9 Å². The molecule has 8 nitrogen and oxygen atoms in total. The Bertz CT molecular complexity index is 1150. The summed E-state index contributed by atoms with van der Waals surface area (Å²) in [6.07, 6.45) is 3.25. The smallest absolute Gasteiger partial charge is 0.338 e. The van der Waals surface area contributed by atoms with E-state index in [1.165, 1.54) is 11.8 Å². The van der Waals surface area contributed by atoms with Gasteiger partial charge in [0, 0.05) is 24.2 Å². The zero-order valence-corrected chi connectivity index (χ0v) is 19.2. The SMILES string of the molecule is CCOC(=O)C1=C(CSc2nccc(-c3ccco3)n2)N(CC)C(=O)N[C@H]1c1ccccc1. The van der Waals surface area contributed by atoms with Gasteiger partial charge in [0.15, 0.2) is 10.9 Å². The lowest BCUT2D eigenvalue weighted by Gasteiger charge is -2.36. The number of carbonyl (C=O) groups excluding carboxylic acids is 2. The van der Waals surface area contributed by atoms with Crippen LogP contribution < -0.4 is 5.32 Å². The second kappa shape index (κ2) is 10.4. The molecule has 0 fully saturated rings. The van der Waals surface area contributed by atoms with Crippen molar-refractivity contribution in [3.63, 3.8) is 0 Å². The number of furan rings is 1. The molecule has 170 valence electrons. The van der Waals surface area contributed by atoms with Crippen LogP contribution in [0.1, 0.15) is 25.5 Å². The molecule has 33 heavy (non-hydrogen) atoms. The highest BCUT2D eigenvalue weighted by atomic mass is 32.2. The summed E-state index contributed by atoms with van der Waals surface area (Å²) in [5, 5.41) is 3.47. The van der Waals surface area contributed by atoms with Gasteiger partial charge >= 0.3 is 12.0 Å². The molecule has 2 aromatic heterocycles. The molecule has 0 saturated carbocycles. The Morgan fingerprint density at radius 3 is 2.70 bits per heavy atom. The summed E-state index contributed by atoms with van der Waals surface area (Å²) in [7, 11) is 0. The van der Waals surface area contributed by atoms with Gasteiger partial charge in [-0.05, 0) is 37.6 Å². The van der Waals surface area contributed by atoms with Crippen molar-refractivity contribution >= 4 is 23.8 Å². The molecule has 2 amide bonds. The maximum atomic E-state index is 13.1. The van der Waals surface area contributed by atoms with E-state index in [1.54, 1.807) is 36.4 Å². The van der Waals surface area contributed by atoms with Crippen LogP contribution in [-0.2, 0) is 9.53 Å². The summed E-state index contributed by atoms with van der Waals surface area (Å²) in [6.45, 7) is 4.26. The molecule has 0 unspecified atom stereocenters. The number of hydrogen-bond donors (Lipinski definition) is 1. The van der Waals surface area contributed by atoms with Crippen molar-refractivity contribution in [3.05, 3.63) is 77.8 Å². The number of esters is 1. The van der Waals surface area contributed by atoms with Crippen molar-refractivity contribution < 1.29 is 18.7 Å². The van der Waals surface area contributed by atoms with Crippen LogP contribution in [0.5, 0.6) is 0 Å². The van der Waals surface area contributed by atoms with E-state index in [0.29, 0.717) is 40.2 Å². The van der Waals surface area contributed by atoms with E-state index in [1.807, 2.05) is 43.3 Å². The second-order valence-electron chi connectivity index (χ2n) is 7.11. The first-order valence-corrected chi connectivity index (χ1v) is 11.6. The molecule has 0 aliphatic carbocycles. The zero-order valence-electron chi connectivity index (χ0n) is 18.4. The van der Waals surface area contributed by atoms with E-state index in [-0.39, 0.29) is 12.6 Å². The molecule has 3 heterocycles. The van der Waals surface area contributed by atoms with Gasteiger partial charge in [0.25, 0.3) is 0 Å². The van der Waals surface area contributed by atoms with Gasteiger partial charge in [-0.25, -0.2) is 19.6 Å². The van der Waals surface area contributed by atoms with Gasteiger partial charge in [-0.1, -0.05) is 42.1 Å². The first-order chi connectivity index (χ1) is 16.1. The largest absolute Gasteiger partial charge is 0.463 e. The number of carbonyl (C=O) groups is 2. The number of ether oxygens (including phenoxy) is 1. The molecule has 9 heteroatoms. The lowest BCUT2D eigenvalue weighted by Crippen LogP contribution is -2.49. The predicted molar refractivity (Wildman–Crippen MR) is 124 cm³/mol. The minimum absolute atomic E-state index is 0.235. The lowest BCUT2D eigenvalue weighted by atomic mass is 9.95. The first kappa shape index (κ1) is 22.6. The van der Waals surface area contributed by atoms with Gasteiger partial charge in [-0.3, -0.25) is 4.90 Å². The topological polar surface area (TPSA) is 97.6 Å². The molecule has 0 bridgehead atoms. The molecule has 1 N–H and O–H groups in total. The summed E-state index contributed by atoms with van der Waals surface area (Å²) in [4.78, 5) is 36.5. The van der Waals surface area contributed by atoms with E-state index in [4.69, 9.17) is 9.15 Å². The van der Waals surface area contributed by atoms with Crippen LogP contribution in [0.25, 0.3) is 11.5 Å². The number of hydrogen-bond acceptors (Lipinski definition) is 7. The monoisotopic (exact) mass is 464 g/mol. The molecule has 0 radical (unpaired) electrons. The molecular weight excluding hydrogens is 440 g/mol. The molecule has 1 aliphatic rings. The standard InChI is InChI=1S/C24H24N4O4S/c1-3-28-18(15-33-23-25-13-12-17(26-23)19-11-8-14-32-19)20(22(29)31-4-2)21(27-24(28)30)16-9-6-5-7-10-16/h5-14,21H,3-4,15H2,1-2H3,(H,27,30)/t21-/m0/s1. The average Bonchev–Trinajstić information content (AvgIpc) is 3.38.